The lowest BCUT2D eigenvalue weighted by Crippen LogP contribution is -2.36. The molecule has 1 atom stereocenters. The second-order valence-corrected chi connectivity index (χ2v) is 9.91. The summed E-state index contributed by atoms with van der Waals surface area (Å²) in [6.45, 7) is 8.76. The number of aromatic nitrogens is 1. The van der Waals surface area contributed by atoms with Crippen LogP contribution in [0.5, 0.6) is 5.75 Å². The monoisotopic (exact) mass is 471 g/mol. The molecule has 0 spiro atoms. The third-order valence-electron chi connectivity index (χ3n) is 7.26. The number of fused-ring (bicyclic) bond motifs is 1. The van der Waals surface area contributed by atoms with Gasteiger partial charge in [0.15, 0.2) is 0 Å². The van der Waals surface area contributed by atoms with Crippen LogP contribution < -0.4 is 4.74 Å². The summed E-state index contributed by atoms with van der Waals surface area (Å²) in [7, 11) is 0. The Kier molecular flexibility index (Phi) is 8.09. The van der Waals surface area contributed by atoms with Gasteiger partial charge in [0, 0.05) is 62.6 Å². The van der Waals surface area contributed by atoms with Crippen LogP contribution in [0.2, 0.25) is 0 Å². The van der Waals surface area contributed by atoms with Gasteiger partial charge < -0.3 is 9.47 Å². The molecule has 3 heterocycles. The highest BCUT2D eigenvalue weighted by molar-refractivity contribution is 5.38. The first-order valence-corrected chi connectivity index (χ1v) is 13.0. The van der Waals surface area contributed by atoms with Crippen molar-refractivity contribution in [1.82, 2.24) is 14.8 Å². The zero-order valence-corrected chi connectivity index (χ0v) is 20.8. The lowest BCUT2D eigenvalue weighted by molar-refractivity contribution is -0.00394. The van der Waals surface area contributed by atoms with Gasteiger partial charge in [0.25, 0.3) is 0 Å². The normalized spacial score (nSPS) is 18.4. The Morgan fingerprint density at radius 2 is 1.80 bits per heavy atom. The highest BCUT2D eigenvalue weighted by atomic mass is 16.5. The predicted octanol–water partition coefficient (Wildman–Crippen LogP) is 5.09. The third kappa shape index (κ3) is 6.69. The molecule has 2 aliphatic heterocycles. The van der Waals surface area contributed by atoms with Gasteiger partial charge in [-0.25, -0.2) is 0 Å². The summed E-state index contributed by atoms with van der Waals surface area (Å²) in [5.41, 5.74) is 5.07. The molecule has 0 bridgehead atoms. The predicted molar refractivity (Wildman–Crippen MR) is 139 cm³/mol. The van der Waals surface area contributed by atoms with Gasteiger partial charge in [-0.3, -0.25) is 14.8 Å². The topological polar surface area (TPSA) is 37.8 Å². The van der Waals surface area contributed by atoms with Crippen molar-refractivity contribution in [3.05, 3.63) is 95.3 Å². The quantitative estimate of drug-likeness (QED) is 0.458. The molecule has 5 heteroatoms. The van der Waals surface area contributed by atoms with Crippen LogP contribution in [0, 0.1) is 0 Å². The Morgan fingerprint density at radius 3 is 2.60 bits per heavy atom. The van der Waals surface area contributed by atoms with E-state index in [9.17, 15) is 0 Å². The van der Waals surface area contributed by atoms with Crippen LogP contribution in [0.4, 0.5) is 0 Å². The van der Waals surface area contributed by atoms with E-state index in [1.54, 1.807) is 0 Å². The largest absolute Gasteiger partial charge is 0.492 e. The van der Waals surface area contributed by atoms with E-state index in [1.807, 2.05) is 12.3 Å². The van der Waals surface area contributed by atoms with Crippen LogP contribution in [0.1, 0.15) is 42.1 Å². The highest BCUT2D eigenvalue weighted by Crippen LogP contribution is 2.27. The minimum Gasteiger partial charge on any atom is -0.492 e. The van der Waals surface area contributed by atoms with E-state index in [0.717, 1.165) is 70.0 Å². The van der Waals surface area contributed by atoms with E-state index in [4.69, 9.17) is 9.47 Å². The molecule has 35 heavy (non-hydrogen) atoms. The maximum absolute atomic E-state index is 6.18. The maximum atomic E-state index is 6.18. The van der Waals surface area contributed by atoms with Gasteiger partial charge in [0.05, 0.1) is 12.7 Å². The Morgan fingerprint density at radius 1 is 0.971 bits per heavy atom. The zero-order chi connectivity index (χ0) is 23.9. The molecule has 184 valence electrons. The minimum atomic E-state index is 0.362. The molecule has 1 fully saturated rings. The van der Waals surface area contributed by atoms with Crippen molar-refractivity contribution >= 4 is 0 Å². The first-order valence-electron chi connectivity index (χ1n) is 13.0. The van der Waals surface area contributed by atoms with Crippen molar-refractivity contribution in [2.24, 2.45) is 0 Å². The molecule has 2 aromatic carbocycles. The van der Waals surface area contributed by atoms with Gasteiger partial charge in [-0.2, -0.15) is 0 Å². The Hall–Kier alpha value is -2.73. The van der Waals surface area contributed by atoms with Crippen molar-refractivity contribution in [2.45, 2.75) is 58.0 Å². The molecule has 3 aromatic rings. The van der Waals surface area contributed by atoms with Crippen LogP contribution in [0.3, 0.4) is 0 Å². The van der Waals surface area contributed by atoms with Gasteiger partial charge in [-0.05, 0) is 55.2 Å². The van der Waals surface area contributed by atoms with Crippen molar-refractivity contribution in [3.63, 3.8) is 0 Å². The number of hydrogen-bond acceptors (Lipinski definition) is 5. The SMILES string of the molecule is C[C@@H](Cc1ccccn1)N1CCOc2ccc(CN3CCC(OCc4ccccc4)CC3)cc2C1. The average molecular weight is 472 g/mol. The molecule has 1 aromatic heterocycles. The molecule has 0 N–H and O–H groups in total. The number of rotatable bonds is 8. The number of piperidine rings is 1. The second-order valence-electron chi connectivity index (χ2n) is 9.91. The average Bonchev–Trinajstić information content (AvgIpc) is 3.12. The summed E-state index contributed by atoms with van der Waals surface area (Å²) in [4.78, 5) is 9.61. The first kappa shape index (κ1) is 24.0. The molecular formula is C30H37N3O2. The van der Waals surface area contributed by atoms with Crippen molar-refractivity contribution in [1.29, 1.82) is 0 Å². The van der Waals surface area contributed by atoms with E-state index in [-0.39, 0.29) is 0 Å². The molecule has 0 unspecified atom stereocenters. The fraction of sp³-hybridized carbons (Fsp3) is 0.433. The van der Waals surface area contributed by atoms with Gasteiger partial charge in [-0.1, -0.05) is 42.5 Å². The van der Waals surface area contributed by atoms with Gasteiger partial charge in [-0.15, -0.1) is 0 Å². The molecule has 0 radical (unpaired) electrons. The fourth-order valence-electron chi connectivity index (χ4n) is 5.17. The van der Waals surface area contributed by atoms with E-state index in [2.05, 4.69) is 82.4 Å². The van der Waals surface area contributed by atoms with E-state index < -0.39 is 0 Å². The van der Waals surface area contributed by atoms with Gasteiger partial charge in [0.1, 0.15) is 12.4 Å². The summed E-state index contributed by atoms with van der Waals surface area (Å²) in [5, 5.41) is 0. The highest BCUT2D eigenvalue weighted by Gasteiger charge is 2.23. The molecule has 2 aliphatic rings. The fourth-order valence-corrected chi connectivity index (χ4v) is 5.17. The molecule has 0 saturated carbocycles. The molecule has 1 saturated heterocycles. The Labute approximate surface area is 209 Å². The minimum absolute atomic E-state index is 0.362. The lowest BCUT2D eigenvalue weighted by Gasteiger charge is -2.32. The summed E-state index contributed by atoms with van der Waals surface area (Å²) in [5.74, 6) is 1.04. The number of benzene rings is 2. The second kappa shape index (κ2) is 11.8. The summed E-state index contributed by atoms with van der Waals surface area (Å²) in [6, 6.07) is 23.8. The van der Waals surface area contributed by atoms with Crippen LogP contribution in [-0.2, 0) is 30.9 Å². The maximum Gasteiger partial charge on any atom is 0.123 e. The van der Waals surface area contributed by atoms with Crippen LogP contribution in [-0.4, -0.2) is 53.2 Å². The van der Waals surface area contributed by atoms with Gasteiger partial charge in [0.2, 0.25) is 0 Å². The van der Waals surface area contributed by atoms with Crippen LogP contribution in [0.25, 0.3) is 0 Å². The number of hydrogen-bond donors (Lipinski definition) is 0. The van der Waals surface area contributed by atoms with E-state index >= 15 is 0 Å². The standard InChI is InChI=1S/C30H37N3O2/c1-24(19-28-9-5-6-14-31-28)33-17-18-34-30-11-10-26(20-27(30)22-33)21-32-15-12-29(13-16-32)35-23-25-7-3-2-4-8-25/h2-11,14,20,24,29H,12-13,15-19,21-23H2,1H3/t24-/m0/s1. The third-order valence-corrected chi connectivity index (χ3v) is 7.26. The molecule has 5 rings (SSSR count). The lowest BCUT2D eigenvalue weighted by atomic mass is 10.0. The number of nitrogens with zero attached hydrogens (tertiary/aromatic N) is 3. The number of likely N-dealkylation sites (tertiary alicyclic amines) is 1. The molecular weight excluding hydrogens is 434 g/mol. The number of pyridine rings is 1. The smallest absolute Gasteiger partial charge is 0.123 e. The van der Waals surface area contributed by atoms with Crippen molar-refractivity contribution in [3.8, 4) is 5.75 Å². The van der Waals surface area contributed by atoms with Crippen molar-refractivity contribution in [2.75, 3.05) is 26.2 Å². The number of ether oxygens (including phenoxy) is 2. The Balaban J connectivity index is 1.14. The zero-order valence-electron chi connectivity index (χ0n) is 20.8. The molecule has 0 amide bonds. The molecule has 0 aliphatic carbocycles. The van der Waals surface area contributed by atoms with Crippen LogP contribution >= 0.6 is 0 Å². The summed E-state index contributed by atoms with van der Waals surface area (Å²) >= 11 is 0. The van der Waals surface area contributed by atoms with E-state index in [1.165, 1.54) is 16.7 Å². The van der Waals surface area contributed by atoms with E-state index in [0.29, 0.717) is 18.8 Å². The molecule has 5 nitrogen and oxygen atoms in total. The summed E-state index contributed by atoms with van der Waals surface area (Å²) < 4.78 is 12.3. The van der Waals surface area contributed by atoms with Crippen molar-refractivity contribution < 1.29 is 9.47 Å². The first-order chi connectivity index (χ1) is 17.2. The van der Waals surface area contributed by atoms with Gasteiger partial charge >= 0.3 is 0 Å². The van der Waals surface area contributed by atoms with Crippen LogP contribution in [0.15, 0.2) is 72.9 Å². The summed E-state index contributed by atoms with van der Waals surface area (Å²) in [6.07, 6.45) is 5.39. The Bertz CT molecular complexity index is 1050.